The fourth-order valence-corrected chi connectivity index (χ4v) is 3.39. The lowest BCUT2D eigenvalue weighted by molar-refractivity contribution is -0.118. The van der Waals surface area contributed by atoms with E-state index in [9.17, 15) is 13.2 Å². The lowest BCUT2D eigenvalue weighted by Gasteiger charge is -2.10. The van der Waals surface area contributed by atoms with Crippen molar-refractivity contribution < 1.29 is 17.9 Å². The van der Waals surface area contributed by atoms with E-state index in [0.29, 0.717) is 16.9 Å². The molecule has 0 radical (unpaired) electrons. The molecular weight excluding hydrogens is 352 g/mol. The number of nitrogens with one attached hydrogen (secondary N) is 1. The molecule has 128 valence electrons. The fraction of sp³-hybridized carbons (Fsp3) is 0.250. The first-order chi connectivity index (χ1) is 11.3. The largest absolute Gasteiger partial charge is 0.496 e. The number of rotatable bonds is 6. The smallest absolute Gasteiger partial charge is 0.239 e. The molecule has 0 saturated carbocycles. The molecule has 0 bridgehead atoms. The van der Waals surface area contributed by atoms with Crippen molar-refractivity contribution >= 4 is 27.5 Å². The summed E-state index contributed by atoms with van der Waals surface area (Å²) in [4.78, 5) is 15.9. The highest BCUT2D eigenvalue weighted by atomic mass is 35.5. The molecule has 0 atom stereocenters. The van der Waals surface area contributed by atoms with E-state index in [1.807, 2.05) is 13.0 Å². The molecule has 1 aromatic heterocycles. The van der Waals surface area contributed by atoms with Crippen LogP contribution >= 0.6 is 11.6 Å². The Kier molecular flexibility index (Phi) is 5.80. The number of amides is 1. The van der Waals surface area contributed by atoms with Crippen LogP contribution in [0.4, 0.5) is 0 Å². The van der Waals surface area contributed by atoms with Crippen LogP contribution in [-0.2, 0) is 27.0 Å². The predicted molar refractivity (Wildman–Crippen MR) is 91.4 cm³/mol. The summed E-state index contributed by atoms with van der Waals surface area (Å²) in [6.07, 6.45) is 1.26. The summed E-state index contributed by atoms with van der Waals surface area (Å²) in [6.45, 7) is 1.88. The van der Waals surface area contributed by atoms with E-state index in [0.717, 1.165) is 5.56 Å². The van der Waals surface area contributed by atoms with Gasteiger partial charge in [-0.2, -0.15) is 0 Å². The van der Waals surface area contributed by atoms with Gasteiger partial charge in [0.1, 0.15) is 10.9 Å². The van der Waals surface area contributed by atoms with Gasteiger partial charge in [-0.1, -0.05) is 35.4 Å². The van der Waals surface area contributed by atoms with Gasteiger partial charge >= 0.3 is 0 Å². The van der Waals surface area contributed by atoms with Crippen LogP contribution in [0.25, 0.3) is 0 Å². The molecule has 0 saturated heterocycles. The summed E-state index contributed by atoms with van der Waals surface area (Å²) in [5.41, 5.74) is 2.01. The lowest BCUT2D eigenvalue weighted by atomic mass is 10.1. The highest BCUT2D eigenvalue weighted by molar-refractivity contribution is 7.89. The van der Waals surface area contributed by atoms with E-state index in [4.69, 9.17) is 16.3 Å². The van der Waals surface area contributed by atoms with Crippen molar-refractivity contribution in [2.45, 2.75) is 19.1 Å². The number of methoxy groups -OCH3 is 1. The van der Waals surface area contributed by atoms with Crippen LogP contribution in [-0.4, -0.2) is 26.4 Å². The van der Waals surface area contributed by atoms with Crippen LogP contribution in [0.15, 0.2) is 36.5 Å². The van der Waals surface area contributed by atoms with Crippen LogP contribution in [0.5, 0.6) is 5.75 Å². The fourth-order valence-electron chi connectivity index (χ4n) is 2.18. The molecule has 2 aromatic rings. The van der Waals surface area contributed by atoms with Crippen LogP contribution in [0.3, 0.4) is 0 Å². The summed E-state index contributed by atoms with van der Waals surface area (Å²) in [7, 11) is -2.32. The zero-order valence-corrected chi connectivity index (χ0v) is 14.8. The lowest BCUT2D eigenvalue weighted by Crippen LogP contribution is -2.32. The highest BCUT2D eigenvalue weighted by Gasteiger charge is 2.17. The maximum atomic E-state index is 12.1. The van der Waals surface area contributed by atoms with E-state index in [2.05, 4.69) is 9.71 Å². The number of carbonyl (C=O) groups excluding carboxylic acids is 1. The summed E-state index contributed by atoms with van der Waals surface area (Å²) < 4.78 is 31.4. The molecule has 8 heteroatoms. The number of nitrogens with zero attached hydrogens (tertiary/aromatic N) is 1. The van der Waals surface area contributed by atoms with Gasteiger partial charge in [0.2, 0.25) is 15.9 Å². The second kappa shape index (κ2) is 7.63. The van der Waals surface area contributed by atoms with Crippen molar-refractivity contribution in [3.8, 4) is 5.75 Å². The molecule has 1 heterocycles. The quantitative estimate of drug-likeness (QED) is 0.790. The van der Waals surface area contributed by atoms with Crippen molar-refractivity contribution in [1.29, 1.82) is 0 Å². The zero-order chi connectivity index (χ0) is 17.7. The number of hydrogen-bond acceptors (Lipinski definition) is 5. The van der Waals surface area contributed by atoms with E-state index >= 15 is 0 Å². The SMILES string of the molecule is COc1ccc(C)cc1CC(=O)NS(=O)(=O)Cc1ccc(Cl)nc1. The van der Waals surface area contributed by atoms with Crippen molar-refractivity contribution in [2.75, 3.05) is 7.11 Å². The second-order valence-electron chi connectivity index (χ2n) is 5.27. The Hall–Kier alpha value is -2.12. The van der Waals surface area contributed by atoms with Crippen LogP contribution in [0.2, 0.25) is 5.15 Å². The average molecular weight is 369 g/mol. The summed E-state index contributed by atoms with van der Waals surface area (Å²) in [5.74, 6) is -0.440. The van der Waals surface area contributed by atoms with Crippen LogP contribution < -0.4 is 9.46 Å². The Morgan fingerprint density at radius 3 is 2.67 bits per heavy atom. The molecule has 0 aliphatic rings. The van der Waals surface area contributed by atoms with Gasteiger partial charge in [0, 0.05) is 11.8 Å². The molecule has 0 unspecified atom stereocenters. The third-order valence-corrected chi connectivity index (χ3v) is 4.68. The molecule has 24 heavy (non-hydrogen) atoms. The first kappa shape index (κ1) is 18.2. The van der Waals surface area contributed by atoms with Crippen LogP contribution in [0.1, 0.15) is 16.7 Å². The monoisotopic (exact) mass is 368 g/mol. The number of pyridine rings is 1. The van der Waals surface area contributed by atoms with Gasteiger partial charge < -0.3 is 4.74 Å². The maximum Gasteiger partial charge on any atom is 0.239 e. The first-order valence-corrected chi connectivity index (χ1v) is 9.09. The van der Waals surface area contributed by atoms with Gasteiger partial charge in [-0.3, -0.25) is 9.52 Å². The van der Waals surface area contributed by atoms with E-state index in [-0.39, 0.29) is 17.3 Å². The van der Waals surface area contributed by atoms with Crippen molar-refractivity contribution in [3.63, 3.8) is 0 Å². The van der Waals surface area contributed by atoms with Crippen molar-refractivity contribution in [1.82, 2.24) is 9.71 Å². The van der Waals surface area contributed by atoms with Gasteiger partial charge in [0.25, 0.3) is 0 Å². The molecule has 0 fully saturated rings. The minimum atomic E-state index is -3.82. The number of aromatic nitrogens is 1. The molecule has 6 nitrogen and oxygen atoms in total. The number of sulfonamides is 1. The number of ether oxygens (including phenoxy) is 1. The highest BCUT2D eigenvalue weighted by Crippen LogP contribution is 2.20. The number of aryl methyl sites for hydroxylation is 1. The van der Waals surface area contributed by atoms with Gasteiger partial charge in [-0.15, -0.1) is 0 Å². The molecule has 0 spiro atoms. The molecule has 1 aromatic carbocycles. The molecular formula is C16H17ClN2O4S. The van der Waals surface area contributed by atoms with E-state index in [1.165, 1.54) is 19.4 Å². The molecule has 0 aliphatic carbocycles. The van der Waals surface area contributed by atoms with E-state index in [1.54, 1.807) is 18.2 Å². The van der Waals surface area contributed by atoms with Gasteiger partial charge in [-0.25, -0.2) is 13.4 Å². The molecule has 2 rings (SSSR count). The van der Waals surface area contributed by atoms with Gasteiger partial charge in [-0.05, 0) is 24.6 Å². The third-order valence-electron chi connectivity index (χ3n) is 3.20. The Labute approximate surface area is 145 Å². The number of hydrogen-bond donors (Lipinski definition) is 1. The Balaban J connectivity index is 2.05. The van der Waals surface area contributed by atoms with Crippen molar-refractivity contribution in [2.24, 2.45) is 0 Å². The second-order valence-corrected chi connectivity index (χ2v) is 7.38. The molecule has 0 aliphatic heterocycles. The average Bonchev–Trinajstić information content (AvgIpc) is 2.49. The first-order valence-electron chi connectivity index (χ1n) is 7.06. The number of benzene rings is 1. The standard InChI is InChI=1S/C16H17ClN2O4S/c1-11-3-5-14(23-2)13(7-11)8-16(20)19-24(21,22)10-12-4-6-15(17)18-9-12/h3-7,9H,8,10H2,1-2H3,(H,19,20). The van der Waals surface area contributed by atoms with Gasteiger partial charge in [0.05, 0.1) is 19.3 Å². The normalized spacial score (nSPS) is 11.1. The topological polar surface area (TPSA) is 85.4 Å². The minimum absolute atomic E-state index is 0.0943. The molecule has 1 amide bonds. The Morgan fingerprint density at radius 2 is 2.04 bits per heavy atom. The summed E-state index contributed by atoms with van der Waals surface area (Å²) in [5, 5.41) is 0.270. The Morgan fingerprint density at radius 1 is 1.29 bits per heavy atom. The Bertz CT molecular complexity index is 836. The van der Waals surface area contributed by atoms with Crippen LogP contribution in [0, 0.1) is 6.92 Å². The maximum absolute atomic E-state index is 12.1. The zero-order valence-electron chi connectivity index (χ0n) is 13.2. The van der Waals surface area contributed by atoms with Gasteiger partial charge in [0.15, 0.2) is 0 Å². The van der Waals surface area contributed by atoms with Crippen molar-refractivity contribution in [3.05, 3.63) is 58.4 Å². The van der Waals surface area contributed by atoms with E-state index < -0.39 is 15.9 Å². The minimum Gasteiger partial charge on any atom is -0.496 e. The summed E-state index contributed by atoms with van der Waals surface area (Å²) >= 11 is 5.66. The third kappa shape index (κ3) is 5.21. The number of carbonyl (C=O) groups is 1. The summed E-state index contributed by atoms with van der Waals surface area (Å²) in [6, 6.07) is 8.42. The molecule has 1 N–H and O–H groups in total. The number of halogens is 1. The predicted octanol–water partition coefficient (Wildman–Crippen LogP) is 2.24.